The van der Waals surface area contributed by atoms with Crippen LogP contribution in [0.4, 0.5) is 0 Å². The summed E-state index contributed by atoms with van der Waals surface area (Å²) in [6, 6.07) is 0. The third-order valence-corrected chi connectivity index (χ3v) is 2.21. The van der Waals surface area contributed by atoms with Gasteiger partial charge in [0.2, 0.25) is 0 Å². The van der Waals surface area contributed by atoms with Crippen molar-refractivity contribution >= 4 is 17.4 Å². The van der Waals surface area contributed by atoms with E-state index in [1.807, 2.05) is 13.0 Å². The maximum absolute atomic E-state index is 11.6. The zero-order chi connectivity index (χ0) is 9.68. The van der Waals surface area contributed by atoms with E-state index in [9.17, 15) is 4.79 Å². The molecule has 1 heterocycles. The van der Waals surface area contributed by atoms with E-state index in [-0.39, 0.29) is 5.78 Å². The molecule has 0 unspecified atom stereocenters. The molecule has 1 aliphatic rings. The lowest BCUT2D eigenvalue weighted by atomic mass is 10.1. The van der Waals surface area contributed by atoms with Crippen molar-refractivity contribution in [3.8, 4) is 0 Å². The van der Waals surface area contributed by atoms with Gasteiger partial charge in [0, 0.05) is 30.1 Å². The predicted octanol–water partition coefficient (Wildman–Crippen LogP) is 2.01. The second-order valence-corrected chi connectivity index (χ2v) is 3.24. The minimum Gasteiger partial charge on any atom is -0.385 e. The number of allylic oxidation sites excluding steroid dienone is 3. The Bertz CT molecular complexity index is 256. The largest absolute Gasteiger partial charge is 0.385 e. The molecule has 0 saturated carbocycles. The van der Waals surface area contributed by atoms with Crippen LogP contribution >= 0.6 is 11.6 Å². The molecule has 1 N–H and O–H groups in total. The lowest BCUT2D eigenvalue weighted by molar-refractivity contribution is -0.115. The molecule has 0 aromatic heterocycles. The lowest BCUT2D eigenvalue weighted by Crippen LogP contribution is -2.14. The highest BCUT2D eigenvalue weighted by Crippen LogP contribution is 2.15. The summed E-state index contributed by atoms with van der Waals surface area (Å²) in [5, 5.41) is 3.21. The molecule has 0 aromatic carbocycles. The first-order valence-electron chi connectivity index (χ1n) is 4.49. The summed E-state index contributed by atoms with van der Waals surface area (Å²) >= 11 is 5.59. The molecule has 13 heavy (non-hydrogen) atoms. The van der Waals surface area contributed by atoms with Crippen LogP contribution in [0.15, 0.2) is 23.4 Å². The zero-order valence-electron chi connectivity index (χ0n) is 7.77. The van der Waals surface area contributed by atoms with Crippen LogP contribution in [0.5, 0.6) is 0 Å². The number of halogens is 1. The van der Waals surface area contributed by atoms with Crippen LogP contribution in [0.2, 0.25) is 0 Å². The second kappa shape index (κ2) is 5.07. The molecule has 3 heteroatoms. The smallest absolute Gasteiger partial charge is 0.164 e. The third kappa shape index (κ3) is 2.59. The Labute approximate surface area is 83.7 Å². The summed E-state index contributed by atoms with van der Waals surface area (Å²) < 4.78 is 0. The van der Waals surface area contributed by atoms with E-state index >= 15 is 0 Å². The van der Waals surface area contributed by atoms with Crippen LogP contribution in [-0.4, -0.2) is 18.2 Å². The molecule has 0 aromatic rings. The van der Waals surface area contributed by atoms with Crippen LogP contribution in [0, 0.1) is 0 Å². The Balaban J connectivity index is 2.92. The van der Waals surface area contributed by atoms with Gasteiger partial charge in [0.25, 0.3) is 0 Å². The van der Waals surface area contributed by atoms with E-state index in [1.54, 1.807) is 6.08 Å². The maximum atomic E-state index is 11.6. The fourth-order valence-electron chi connectivity index (χ4n) is 1.41. The molecule has 0 bridgehead atoms. The summed E-state index contributed by atoms with van der Waals surface area (Å²) in [5.41, 5.74) is 1.66. The number of hydrogen-bond acceptors (Lipinski definition) is 2. The van der Waals surface area contributed by atoms with E-state index < -0.39 is 0 Å². The SMILES string of the molecule is C/C=C1/NCCCC(=O)/C1=C/CCl. The standard InChI is InChI=1S/C10H14ClNO/c1-2-9-8(5-6-11)10(13)4-3-7-12-9/h2,5,12H,3-4,6-7H2,1H3/b8-5+,9-2+. The Hall–Kier alpha value is -0.760. The van der Waals surface area contributed by atoms with Gasteiger partial charge in [-0.15, -0.1) is 11.6 Å². The van der Waals surface area contributed by atoms with Crippen LogP contribution in [0.25, 0.3) is 0 Å². The predicted molar refractivity (Wildman–Crippen MR) is 54.8 cm³/mol. The number of nitrogens with one attached hydrogen (secondary N) is 1. The van der Waals surface area contributed by atoms with Crippen molar-refractivity contribution in [1.82, 2.24) is 5.32 Å². The van der Waals surface area contributed by atoms with Gasteiger partial charge in [-0.3, -0.25) is 4.79 Å². The van der Waals surface area contributed by atoms with Gasteiger partial charge >= 0.3 is 0 Å². The maximum Gasteiger partial charge on any atom is 0.164 e. The topological polar surface area (TPSA) is 29.1 Å². The van der Waals surface area contributed by atoms with E-state index in [0.29, 0.717) is 12.3 Å². The quantitative estimate of drug-likeness (QED) is 0.517. The summed E-state index contributed by atoms with van der Waals surface area (Å²) in [7, 11) is 0. The number of hydrogen-bond donors (Lipinski definition) is 1. The average molecular weight is 200 g/mol. The minimum atomic E-state index is 0.193. The normalized spacial score (nSPS) is 24.6. The molecule has 0 amide bonds. The highest BCUT2D eigenvalue weighted by Gasteiger charge is 2.16. The molecule has 0 spiro atoms. The van der Waals surface area contributed by atoms with Gasteiger partial charge in [-0.2, -0.15) is 0 Å². The third-order valence-electron chi connectivity index (χ3n) is 2.06. The second-order valence-electron chi connectivity index (χ2n) is 2.93. The van der Waals surface area contributed by atoms with E-state index in [0.717, 1.165) is 24.2 Å². The van der Waals surface area contributed by atoms with Gasteiger partial charge < -0.3 is 5.32 Å². The fraction of sp³-hybridized carbons (Fsp3) is 0.500. The van der Waals surface area contributed by atoms with Crippen molar-refractivity contribution in [3.63, 3.8) is 0 Å². The Morgan fingerprint density at radius 3 is 3.00 bits per heavy atom. The zero-order valence-corrected chi connectivity index (χ0v) is 8.53. The van der Waals surface area contributed by atoms with Crippen molar-refractivity contribution in [2.24, 2.45) is 0 Å². The molecule has 1 rings (SSSR count). The monoisotopic (exact) mass is 199 g/mol. The molecular formula is C10H14ClNO. The van der Waals surface area contributed by atoms with Gasteiger partial charge in [-0.1, -0.05) is 12.2 Å². The number of Topliss-reactive ketones (excluding diaryl/α,β-unsaturated/α-hetero) is 1. The Morgan fingerprint density at radius 1 is 1.62 bits per heavy atom. The summed E-state index contributed by atoms with van der Waals surface area (Å²) in [4.78, 5) is 11.6. The van der Waals surface area contributed by atoms with Crippen LogP contribution in [0.1, 0.15) is 19.8 Å². The number of ketones is 1. The molecule has 0 radical (unpaired) electrons. The fourth-order valence-corrected chi connectivity index (χ4v) is 1.56. The van der Waals surface area contributed by atoms with Crippen molar-refractivity contribution in [2.45, 2.75) is 19.8 Å². The first-order chi connectivity index (χ1) is 6.29. The average Bonchev–Trinajstić information content (AvgIpc) is 2.30. The van der Waals surface area contributed by atoms with Crippen molar-refractivity contribution in [2.75, 3.05) is 12.4 Å². The lowest BCUT2D eigenvalue weighted by Gasteiger charge is -2.07. The first-order valence-corrected chi connectivity index (χ1v) is 5.03. The molecule has 1 fully saturated rings. The molecule has 0 aliphatic carbocycles. The molecule has 1 saturated heterocycles. The number of carbonyl (C=O) groups is 1. The van der Waals surface area contributed by atoms with Crippen LogP contribution in [-0.2, 0) is 4.79 Å². The number of carbonyl (C=O) groups excluding carboxylic acids is 1. The summed E-state index contributed by atoms with van der Waals surface area (Å²) in [6.45, 7) is 2.79. The molecule has 1 aliphatic heterocycles. The van der Waals surface area contributed by atoms with Crippen LogP contribution < -0.4 is 5.32 Å². The summed E-state index contributed by atoms with van der Waals surface area (Å²) in [5.74, 6) is 0.582. The minimum absolute atomic E-state index is 0.193. The Kier molecular flexibility index (Phi) is 4.03. The summed E-state index contributed by atoms with van der Waals surface area (Å²) in [6.07, 6.45) is 5.21. The van der Waals surface area contributed by atoms with Crippen molar-refractivity contribution in [1.29, 1.82) is 0 Å². The van der Waals surface area contributed by atoms with E-state index in [2.05, 4.69) is 5.32 Å². The first kappa shape index (κ1) is 10.3. The van der Waals surface area contributed by atoms with Gasteiger partial charge in [0.15, 0.2) is 5.78 Å². The van der Waals surface area contributed by atoms with Gasteiger partial charge in [0.05, 0.1) is 0 Å². The number of rotatable bonds is 1. The van der Waals surface area contributed by atoms with Gasteiger partial charge in [0.1, 0.15) is 0 Å². The number of alkyl halides is 1. The molecular weight excluding hydrogens is 186 g/mol. The highest BCUT2D eigenvalue weighted by molar-refractivity contribution is 6.19. The van der Waals surface area contributed by atoms with Crippen molar-refractivity contribution in [3.05, 3.63) is 23.4 Å². The molecule has 72 valence electrons. The van der Waals surface area contributed by atoms with E-state index in [4.69, 9.17) is 11.6 Å². The van der Waals surface area contributed by atoms with Gasteiger partial charge in [-0.05, 0) is 13.3 Å². The van der Waals surface area contributed by atoms with Crippen LogP contribution in [0.3, 0.4) is 0 Å². The van der Waals surface area contributed by atoms with E-state index in [1.165, 1.54) is 0 Å². The van der Waals surface area contributed by atoms with Gasteiger partial charge in [-0.25, -0.2) is 0 Å². The highest BCUT2D eigenvalue weighted by atomic mass is 35.5. The molecule has 0 atom stereocenters. The Morgan fingerprint density at radius 2 is 2.38 bits per heavy atom. The molecule has 2 nitrogen and oxygen atoms in total. The van der Waals surface area contributed by atoms with Crippen molar-refractivity contribution < 1.29 is 4.79 Å².